The third-order valence-corrected chi connectivity index (χ3v) is 4.01. The number of ether oxygens (including phenoxy) is 1. The number of hydrogen-bond donors (Lipinski definition) is 2. The fourth-order valence-electron chi connectivity index (χ4n) is 2.85. The summed E-state index contributed by atoms with van der Waals surface area (Å²) >= 11 is 6.16. The predicted octanol–water partition coefficient (Wildman–Crippen LogP) is 3.21. The van der Waals surface area contributed by atoms with Gasteiger partial charge in [0, 0.05) is 23.2 Å². The Morgan fingerprint density at radius 3 is 2.70 bits per heavy atom. The Kier molecular flexibility index (Phi) is 4.55. The molecule has 1 aliphatic heterocycles. The maximum atomic E-state index is 11.1. The molecule has 2 N–H and O–H groups in total. The van der Waals surface area contributed by atoms with E-state index >= 15 is 0 Å². The molecule has 0 aromatic heterocycles. The van der Waals surface area contributed by atoms with Crippen molar-refractivity contribution in [3.8, 4) is 5.75 Å². The van der Waals surface area contributed by atoms with Crippen molar-refractivity contribution in [3.63, 3.8) is 0 Å². The molecule has 2 atom stereocenters. The Morgan fingerprint density at radius 1 is 1.50 bits per heavy atom. The molecule has 2 rings (SSSR count). The Labute approximate surface area is 124 Å². The molecule has 5 heteroatoms. The van der Waals surface area contributed by atoms with Crippen LogP contribution >= 0.6 is 11.6 Å². The molecule has 1 saturated heterocycles. The van der Waals surface area contributed by atoms with Gasteiger partial charge in [0.25, 0.3) is 0 Å². The maximum Gasteiger partial charge on any atom is 0.307 e. The zero-order valence-electron chi connectivity index (χ0n) is 11.9. The normalized spacial score (nSPS) is 22.2. The minimum absolute atomic E-state index is 0.0149. The summed E-state index contributed by atoms with van der Waals surface area (Å²) in [6.45, 7) is 4.68. The number of hydrogen-bond acceptors (Lipinski definition) is 3. The van der Waals surface area contributed by atoms with Gasteiger partial charge in [-0.15, -0.1) is 0 Å². The van der Waals surface area contributed by atoms with Crippen LogP contribution in [0.25, 0.3) is 0 Å². The van der Waals surface area contributed by atoms with Crippen LogP contribution in [0.1, 0.15) is 43.4 Å². The first-order valence-corrected chi connectivity index (χ1v) is 7.15. The highest BCUT2D eigenvalue weighted by Gasteiger charge is 2.32. The van der Waals surface area contributed by atoms with E-state index in [1.165, 1.54) is 0 Å². The van der Waals surface area contributed by atoms with Gasteiger partial charge in [-0.2, -0.15) is 0 Å². The highest BCUT2D eigenvalue weighted by Crippen LogP contribution is 2.39. The monoisotopic (exact) mass is 297 g/mol. The number of benzene rings is 1. The van der Waals surface area contributed by atoms with Crippen LogP contribution in [0.2, 0.25) is 5.02 Å². The molecular formula is C15H20ClNO3. The molecule has 0 spiro atoms. The van der Waals surface area contributed by atoms with Crippen molar-refractivity contribution in [2.75, 3.05) is 13.7 Å². The van der Waals surface area contributed by atoms with E-state index in [9.17, 15) is 4.79 Å². The van der Waals surface area contributed by atoms with E-state index in [0.717, 1.165) is 16.9 Å². The molecular weight excluding hydrogens is 278 g/mol. The zero-order chi connectivity index (χ0) is 14.9. The molecule has 1 heterocycles. The molecule has 1 aromatic carbocycles. The molecule has 0 amide bonds. The van der Waals surface area contributed by atoms with Crippen molar-refractivity contribution in [2.24, 2.45) is 5.92 Å². The molecule has 20 heavy (non-hydrogen) atoms. The van der Waals surface area contributed by atoms with Gasteiger partial charge in [-0.1, -0.05) is 25.4 Å². The second-order valence-electron chi connectivity index (χ2n) is 5.50. The van der Waals surface area contributed by atoms with Crippen LogP contribution < -0.4 is 10.1 Å². The average Bonchev–Trinajstić information content (AvgIpc) is 2.86. The summed E-state index contributed by atoms with van der Waals surface area (Å²) in [5.74, 6) is -0.0453. The lowest BCUT2D eigenvalue weighted by molar-refractivity contribution is -0.141. The number of methoxy groups -OCH3 is 1. The van der Waals surface area contributed by atoms with Gasteiger partial charge in [0.1, 0.15) is 5.75 Å². The van der Waals surface area contributed by atoms with Gasteiger partial charge < -0.3 is 15.2 Å². The third-order valence-electron chi connectivity index (χ3n) is 3.79. The second kappa shape index (κ2) is 6.02. The summed E-state index contributed by atoms with van der Waals surface area (Å²) in [6, 6.07) is 3.74. The fraction of sp³-hybridized carbons (Fsp3) is 0.533. The first-order valence-electron chi connectivity index (χ1n) is 6.77. The van der Waals surface area contributed by atoms with Crippen LogP contribution in [0.15, 0.2) is 12.1 Å². The van der Waals surface area contributed by atoms with Crippen molar-refractivity contribution in [1.29, 1.82) is 0 Å². The number of rotatable bonds is 4. The van der Waals surface area contributed by atoms with Gasteiger partial charge >= 0.3 is 5.97 Å². The van der Waals surface area contributed by atoms with Gasteiger partial charge in [-0.05, 0) is 30.0 Å². The van der Waals surface area contributed by atoms with Crippen LogP contribution in [-0.4, -0.2) is 24.7 Å². The Bertz CT molecular complexity index is 516. The van der Waals surface area contributed by atoms with Crippen molar-refractivity contribution in [2.45, 2.75) is 32.2 Å². The topological polar surface area (TPSA) is 58.6 Å². The highest BCUT2D eigenvalue weighted by atomic mass is 35.5. The summed E-state index contributed by atoms with van der Waals surface area (Å²) in [6.07, 6.45) is 0.582. The summed E-state index contributed by atoms with van der Waals surface area (Å²) in [4.78, 5) is 11.1. The van der Waals surface area contributed by atoms with E-state index in [-0.39, 0.29) is 17.9 Å². The molecule has 1 aliphatic rings. The number of halogens is 1. The standard InChI is InChI=1S/C15H20ClNO3/c1-8(2)14-11(5-10(16)6-13(14)20-3)12-4-9(7-17-12)15(18)19/h5-6,8-9,12,17H,4,7H2,1-3H3,(H,18,19). The molecule has 1 aromatic rings. The van der Waals surface area contributed by atoms with Crippen LogP contribution in [0.3, 0.4) is 0 Å². The minimum Gasteiger partial charge on any atom is -0.496 e. The fourth-order valence-corrected chi connectivity index (χ4v) is 3.07. The average molecular weight is 298 g/mol. The van der Waals surface area contributed by atoms with Gasteiger partial charge in [0.2, 0.25) is 0 Å². The number of carboxylic acids is 1. The van der Waals surface area contributed by atoms with E-state index in [2.05, 4.69) is 19.2 Å². The number of carbonyl (C=O) groups is 1. The third kappa shape index (κ3) is 2.91. The first kappa shape index (κ1) is 15.1. The number of nitrogens with one attached hydrogen (secondary N) is 1. The van der Waals surface area contributed by atoms with Crippen LogP contribution in [0.4, 0.5) is 0 Å². The zero-order valence-corrected chi connectivity index (χ0v) is 12.7. The van der Waals surface area contributed by atoms with Gasteiger partial charge in [0.05, 0.1) is 13.0 Å². The second-order valence-corrected chi connectivity index (χ2v) is 5.93. The van der Waals surface area contributed by atoms with E-state index < -0.39 is 5.97 Å². The van der Waals surface area contributed by atoms with Gasteiger partial charge in [0.15, 0.2) is 0 Å². The Balaban J connectivity index is 2.40. The van der Waals surface area contributed by atoms with E-state index in [1.54, 1.807) is 7.11 Å². The van der Waals surface area contributed by atoms with E-state index in [4.69, 9.17) is 21.4 Å². The predicted molar refractivity (Wildman–Crippen MR) is 78.6 cm³/mol. The lowest BCUT2D eigenvalue weighted by Gasteiger charge is -2.21. The number of carboxylic acid groups (broad SMARTS) is 1. The quantitative estimate of drug-likeness (QED) is 0.896. The van der Waals surface area contributed by atoms with Crippen molar-refractivity contribution in [3.05, 3.63) is 28.3 Å². The summed E-state index contributed by atoms with van der Waals surface area (Å²) in [7, 11) is 1.63. The highest BCUT2D eigenvalue weighted by molar-refractivity contribution is 6.30. The summed E-state index contributed by atoms with van der Waals surface area (Å²) in [5, 5.41) is 13.0. The SMILES string of the molecule is COc1cc(Cl)cc(C2CC(C(=O)O)CN2)c1C(C)C. The van der Waals surface area contributed by atoms with Crippen LogP contribution in [0.5, 0.6) is 5.75 Å². The lowest BCUT2D eigenvalue weighted by Crippen LogP contribution is -2.18. The van der Waals surface area contributed by atoms with E-state index in [1.807, 2.05) is 12.1 Å². The van der Waals surface area contributed by atoms with E-state index in [0.29, 0.717) is 18.0 Å². The largest absolute Gasteiger partial charge is 0.496 e. The Hall–Kier alpha value is -1.26. The molecule has 0 aliphatic carbocycles. The molecule has 0 radical (unpaired) electrons. The van der Waals surface area contributed by atoms with Crippen LogP contribution in [-0.2, 0) is 4.79 Å². The maximum absolute atomic E-state index is 11.1. The molecule has 110 valence electrons. The van der Waals surface area contributed by atoms with Crippen LogP contribution in [0, 0.1) is 5.92 Å². The molecule has 0 saturated carbocycles. The van der Waals surface area contributed by atoms with Crippen molar-refractivity contribution >= 4 is 17.6 Å². The molecule has 1 fully saturated rings. The minimum atomic E-state index is -0.750. The van der Waals surface area contributed by atoms with Gasteiger partial charge in [-0.25, -0.2) is 0 Å². The summed E-state index contributed by atoms with van der Waals surface area (Å²) in [5.41, 5.74) is 2.15. The summed E-state index contributed by atoms with van der Waals surface area (Å²) < 4.78 is 5.43. The Morgan fingerprint density at radius 2 is 2.20 bits per heavy atom. The molecule has 2 unspecified atom stereocenters. The van der Waals surface area contributed by atoms with Crippen molar-refractivity contribution < 1.29 is 14.6 Å². The smallest absolute Gasteiger partial charge is 0.307 e. The van der Waals surface area contributed by atoms with Gasteiger partial charge in [-0.3, -0.25) is 4.79 Å². The number of aliphatic carboxylic acids is 1. The molecule has 4 nitrogen and oxygen atoms in total. The van der Waals surface area contributed by atoms with Crippen molar-refractivity contribution in [1.82, 2.24) is 5.32 Å². The molecule has 0 bridgehead atoms. The first-order chi connectivity index (χ1) is 9.43. The lowest BCUT2D eigenvalue weighted by atomic mass is 9.90.